The molecule has 0 spiro atoms. The summed E-state index contributed by atoms with van der Waals surface area (Å²) in [6, 6.07) is -1.64. The number of nitrogens with two attached hydrogens (primary N) is 1. The molecule has 1 atom stereocenters. The van der Waals surface area contributed by atoms with E-state index in [9.17, 15) is 13.9 Å². The first-order chi connectivity index (χ1) is 12.7. The van der Waals surface area contributed by atoms with Crippen LogP contribution in [-0.2, 0) is 52.2 Å². The summed E-state index contributed by atoms with van der Waals surface area (Å²) in [4.78, 5) is 29.8. The van der Waals surface area contributed by atoms with Crippen LogP contribution in [0.5, 0.6) is 0 Å². The molecular formula is C12H27NO12P2. The maximum atomic E-state index is 13.2. The van der Waals surface area contributed by atoms with Gasteiger partial charge in [0.15, 0.2) is 5.40 Å². The Hall–Kier alpha value is -0.430. The van der Waals surface area contributed by atoms with Crippen molar-refractivity contribution in [2.45, 2.75) is 45.6 Å². The van der Waals surface area contributed by atoms with Crippen LogP contribution in [0.2, 0.25) is 0 Å². The van der Waals surface area contributed by atoms with Gasteiger partial charge in [-0.05, 0) is 34.1 Å². The SMILES string of the molecule is CCOOP(=O)(OOCC)C(CC(N)C(=O)O)P(=O)(OOCC)OOCC. The lowest BCUT2D eigenvalue weighted by atomic mass is 10.2. The first-order valence-corrected chi connectivity index (χ1v) is 11.4. The summed E-state index contributed by atoms with van der Waals surface area (Å²) in [6.45, 7) is 5.76. The van der Waals surface area contributed by atoms with E-state index in [2.05, 4.69) is 19.6 Å². The van der Waals surface area contributed by atoms with E-state index in [0.29, 0.717) is 0 Å². The number of carbonyl (C=O) groups is 1. The Morgan fingerprint density at radius 2 is 1.11 bits per heavy atom. The summed E-state index contributed by atoms with van der Waals surface area (Å²) in [6.07, 6.45) is -0.732. The minimum absolute atomic E-state index is 0.0693. The van der Waals surface area contributed by atoms with Crippen molar-refractivity contribution >= 4 is 21.2 Å². The molecule has 1 unspecified atom stereocenters. The highest BCUT2D eigenvalue weighted by molar-refractivity contribution is 7.72. The molecule has 0 aromatic carbocycles. The number of aliphatic carboxylic acids is 1. The normalized spacial score (nSPS) is 13.9. The van der Waals surface area contributed by atoms with Crippen molar-refractivity contribution < 1.29 is 57.3 Å². The lowest BCUT2D eigenvalue weighted by molar-refractivity contribution is -0.272. The lowest BCUT2D eigenvalue weighted by Gasteiger charge is -2.29. The zero-order valence-electron chi connectivity index (χ0n) is 15.6. The summed E-state index contributed by atoms with van der Waals surface area (Å²) in [5.41, 5.74) is 5.50. The molecule has 0 radical (unpaired) electrons. The van der Waals surface area contributed by atoms with E-state index in [1.165, 1.54) is 27.7 Å². The highest BCUT2D eigenvalue weighted by atomic mass is 31.2. The van der Waals surface area contributed by atoms with E-state index in [4.69, 9.17) is 29.5 Å². The Kier molecular flexibility index (Phi) is 13.5. The second kappa shape index (κ2) is 13.7. The molecule has 0 aromatic rings. The van der Waals surface area contributed by atoms with Gasteiger partial charge in [-0.25, -0.2) is 19.6 Å². The molecule has 0 aromatic heterocycles. The van der Waals surface area contributed by atoms with E-state index in [-0.39, 0.29) is 26.4 Å². The van der Waals surface area contributed by atoms with Gasteiger partial charge in [-0.2, -0.15) is 0 Å². The number of rotatable bonds is 17. The molecule has 0 aliphatic rings. The van der Waals surface area contributed by atoms with Crippen molar-refractivity contribution in [1.29, 1.82) is 0 Å². The second-order valence-corrected chi connectivity index (χ2v) is 9.07. The fourth-order valence-electron chi connectivity index (χ4n) is 1.49. The molecule has 15 heteroatoms. The molecule has 0 fully saturated rings. The van der Waals surface area contributed by atoms with Gasteiger partial charge in [0.2, 0.25) is 0 Å². The topological polar surface area (TPSA) is 171 Å². The van der Waals surface area contributed by atoms with Crippen molar-refractivity contribution in [1.82, 2.24) is 0 Å². The largest absolute Gasteiger partial charge is 0.480 e. The molecule has 0 amide bonds. The van der Waals surface area contributed by atoms with Gasteiger partial charge < -0.3 is 10.8 Å². The van der Waals surface area contributed by atoms with E-state index >= 15 is 0 Å². The Labute approximate surface area is 157 Å². The van der Waals surface area contributed by atoms with Crippen LogP contribution < -0.4 is 5.73 Å². The number of hydrogen-bond donors (Lipinski definition) is 2. The second-order valence-electron chi connectivity index (χ2n) is 4.66. The smallest absolute Gasteiger partial charge is 0.399 e. The average molecular weight is 439 g/mol. The minimum Gasteiger partial charge on any atom is -0.480 e. The molecule has 0 aliphatic heterocycles. The van der Waals surface area contributed by atoms with Crippen LogP contribution >= 0.6 is 15.2 Å². The first-order valence-electron chi connectivity index (χ1n) is 8.13. The molecule has 0 saturated heterocycles. The average Bonchev–Trinajstić information content (AvgIpc) is 2.65. The Morgan fingerprint density at radius 1 is 0.815 bits per heavy atom. The van der Waals surface area contributed by atoms with E-state index in [0.717, 1.165) is 0 Å². The third kappa shape index (κ3) is 9.07. The fourth-order valence-corrected chi connectivity index (χ4v) is 5.76. The van der Waals surface area contributed by atoms with Crippen LogP contribution in [-0.4, -0.2) is 48.9 Å². The van der Waals surface area contributed by atoms with Gasteiger partial charge in [-0.3, -0.25) is 13.9 Å². The van der Waals surface area contributed by atoms with Crippen LogP contribution in [0.15, 0.2) is 0 Å². The maximum Gasteiger partial charge on any atom is 0.399 e. The molecular weight excluding hydrogens is 412 g/mol. The van der Waals surface area contributed by atoms with E-state index in [1.807, 2.05) is 0 Å². The fraction of sp³-hybridized carbons (Fsp3) is 0.917. The molecule has 27 heavy (non-hydrogen) atoms. The van der Waals surface area contributed by atoms with Crippen LogP contribution in [0.25, 0.3) is 0 Å². The number of carboxylic acid groups (broad SMARTS) is 1. The van der Waals surface area contributed by atoms with Gasteiger partial charge in [0, 0.05) is 0 Å². The molecule has 0 aliphatic carbocycles. The van der Waals surface area contributed by atoms with Crippen LogP contribution in [0.1, 0.15) is 34.1 Å². The van der Waals surface area contributed by atoms with Crippen molar-refractivity contribution in [3.8, 4) is 0 Å². The van der Waals surface area contributed by atoms with Crippen LogP contribution in [0.3, 0.4) is 0 Å². The van der Waals surface area contributed by atoms with Crippen LogP contribution in [0.4, 0.5) is 0 Å². The Morgan fingerprint density at radius 3 is 1.33 bits per heavy atom. The molecule has 13 nitrogen and oxygen atoms in total. The predicted molar refractivity (Wildman–Crippen MR) is 90.1 cm³/mol. The molecule has 0 bridgehead atoms. The van der Waals surface area contributed by atoms with Gasteiger partial charge in [0.1, 0.15) is 6.04 Å². The summed E-state index contributed by atoms with van der Waals surface area (Å²) >= 11 is 0. The van der Waals surface area contributed by atoms with E-state index < -0.39 is 39.0 Å². The maximum absolute atomic E-state index is 13.2. The lowest BCUT2D eigenvalue weighted by Crippen LogP contribution is -2.35. The summed E-state index contributed by atoms with van der Waals surface area (Å²) in [5, 5.41) is 7.16. The highest BCUT2D eigenvalue weighted by Gasteiger charge is 2.56. The Bertz CT molecular complexity index is 461. The quantitative estimate of drug-likeness (QED) is 0.192. The highest BCUT2D eigenvalue weighted by Crippen LogP contribution is 2.72. The predicted octanol–water partition coefficient (Wildman–Crippen LogP) is 2.37. The number of carboxylic acids is 1. The van der Waals surface area contributed by atoms with Gasteiger partial charge in [-0.15, -0.1) is 18.7 Å². The zero-order valence-corrected chi connectivity index (χ0v) is 17.4. The molecule has 0 saturated carbocycles. The minimum atomic E-state index is -4.62. The van der Waals surface area contributed by atoms with Gasteiger partial charge in [0.25, 0.3) is 0 Å². The van der Waals surface area contributed by atoms with Crippen molar-refractivity contribution in [2.75, 3.05) is 26.4 Å². The van der Waals surface area contributed by atoms with Crippen molar-refractivity contribution in [3.63, 3.8) is 0 Å². The number of hydrogen-bond acceptors (Lipinski definition) is 12. The zero-order chi connectivity index (χ0) is 20.9. The molecule has 162 valence electrons. The van der Waals surface area contributed by atoms with Crippen molar-refractivity contribution in [2.24, 2.45) is 5.73 Å². The summed E-state index contributed by atoms with van der Waals surface area (Å²) < 4.78 is 45.3. The summed E-state index contributed by atoms with van der Waals surface area (Å²) in [7, 11) is -9.24. The van der Waals surface area contributed by atoms with Gasteiger partial charge in [0.05, 0.1) is 26.4 Å². The first kappa shape index (κ1) is 26.6. The molecule has 0 rings (SSSR count). The van der Waals surface area contributed by atoms with Crippen molar-refractivity contribution in [3.05, 3.63) is 0 Å². The molecule has 3 N–H and O–H groups in total. The van der Waals surface area contributed by atoms with Crippen LogP contribution in [0, 0.1) is 0 Å². The molecule has 0 heterocycles. The standard InChI is InChI=1S/C12H27NO12P2/c1-5-18-22-26(16,23-19-6-2)11(9-10(13)12(14)15)27(17,24-20-7-3)25-21-8-4/h10-11H,5-9,13H2,1-4H3,(H,14,15). The summed E-state index contributed by atoms with van der Waals surface area (Å²) in [5.74, 6) is -1.47. The van der Waals surface area contributed by atoms with E-state index in [1.54, 1.807) is 0 Å². The Balaban J connectivity index is 6.03. The van der Waals surface area contributed by atoms with Gasteiger partial charge >= 0.3 is 21.2 Å². The van der Waals surface area contributed by atoms with Gasteiger partial charge in [-0.1, -0.05) is 0 Å². The monoisotopic (exact) mass is 439 g/mol. The third-order valence-corrected chi connectivity index (χ3v) is 7.44. The third-order valence-electron chi connectivity index (χ3n) is 2.61.